The third-order valence-corrected chi connectivity index (χ3v) is 4.21. The van der Waals surface area contributed by atoms with E-state index in [0.29, 0.717) is 0 Å². The summed E-state index contributed by atoms with van der Waals surface area (Å²) >= 11 is 0. The van der Waals surface area contributed by atoms with E-state index in [-0.39, 0.29) is 11.5 Å². The minimum absolute atomic E-state index is 0.0390. The summed E-state index contributed by atoms with van der Waals surface area (Å²) in [5.41, 5.74) is 4.94. The van der Waals surface area contributed by atoms with Crippen LogP contribution in [0.5, 0.6) is 0 Å². The molecule has 0 aromatic carbocycles. The van der Waals surface area contributed by atoms with Crippen LogP contribution in [0.2, 0.25) is 0 Å². The number of hydrogen-bond donors (Lipinski definition) is 2. The maximum Gasteiger partial charge on any atom is 0.237 e. The number of carbonyl (C=O) groups is 1. The molecule has 1 aliphatic heterocycles. The average Bonchev–Trinajstić information content (AvgIpc) is 2.40. The van der Waals surface area contributed by atoms with Crippen LogP contribution < -0.4 is 11.1 Å². The summed E-state index contributed by atoms with van der Waals surface area (Å²) in [6, 6.07) is 0. The number of primary amides is 1. The molecule has 1 fully saturated rings. The summed E-state index contributed by atoms with van der Waals surface area (Å²) in [6.07, 6.45) is 3.91. The fourth-order valence-corrected chi connectivity index (χ4v) is 2.82. The zero-order valence-corrected chi connectivity index (χ0v) is 14.2. The Morgan fingerprint density at radius 1 is 1.43 bits per heavy atom. The Labute approximate surface area is 129 Å². The average molecular weight is 299 g/mol. The topological polar surface area (TPSA) is 67.6 Å². The molecule has 0 bridgehead atoms. The highest BCUT2D eigenvalue weighted by Crippen LogP contribution is 2.18. The van der Waals surface area contributed by atoms with Crippen molar-refractivity contribution in [1.82, 2.24) is 10.2 Å². The summed E-state index contributed by atoms with van der Waals surface area (Å²) < 4.78 is 5.72. The monoisotopic (exact) mass is 299 g/mol. The number of rotatable bonds is 9. The maximum atomic E-state index is 11.6. The molecular weight excluding hydrogens is 266 g/mol. The van der Waals surface area contributed by atoms with Crippen molar-refractivity contribution in [3.05, 3.63) is 0 Å². The molecule has 0 saturated carbocycles. The molecule has 21 heavy (non-hydrogen) atoms. The minimum atomic E-state index is -0.569. The molecule has 1 atom stereocenters. The van der Waals surface area contributed by atoms with Crippen LogP contribution in [0.25, 0.3) is 0 Å². The second kappa shape index (κ2) is 8.11. The van der Waals surface area contributed by atoms with Gasteiger partial charge in [-0.3, -0.25) is 9.69 Å². The summed E-state index contributed by atoms with van der Waals surface area (Å²) in [4.78, 5) is 14.1. The largest absolute Gasteiger partial charge is 0.373 e. The SMILES string of the molecule is CCCNC(C)(CCCCN1CCOC(C)(C)C1)C(N)=O. The van der Waals surface area contributed by atoms with E-state index in [4.69, 9.17) is 10.5 Å². The molecule has 0 aliphatic carbocycles. The van der Waals surface area contributed by atoms with Crippen LogP contribution in [-0.4, -0.2) is 54.7 Å². The van der Waals surface area contributed by atoms with E-state index in [1.54, 1.807) is 0 Å². The van der Waals surface area contributed by atoms with Gasteiger partial charge in [-0.25, -0.2) is 0 Å². The van der Waals surface area contributed by atoms with E-state index in [1.165, 1.54) is 0 Å². The van der Waals surface area contributed by atoms with Crippen molar-refractivity contribution >= 4 is 5.91 Å². The van der Waals surface area contributed by atoms with Gasteiger partial charge in [-0.1, -0.05) is 6.92 Å². The fourth-order valence-electron chi connectivity index (χ4n) is 2.82. The zero-order chi connectivity index (χ0) is 15.9. The minimum Gasteiger partial charge on any atom is -0.373 e. The Morgan fingerprint density at radius 2 is 2.14 bits per heavy atom. The standard InChI is InChI=1S/C16H33N3O2/c1-5-9-18-16(4,14(17)20)8-6-7-10-19-11-12-21-15(2,3)13-19/h18H,5-13H2,1-4H3,(H2,17,20). The number of nitrogens with one attached hydrogen (secondary N) is 1. The molecule has 0 spiro atoms. The Balaban J connectivity index is 2.29. The summed E-state index contributed by atoms with van der Waals surface area (Å²) in [6.45, 7) is 13.0. The Hall–Kier alpha value is -0.650. The molecule has 0 radical (unpaired) electrons. The first-order chi connectivity index (χ1) is 9.79. The van der Waals surface area contributed by atoms with Gasteiger partial charge in [0.05, 0.1) is 17.7 Å². The molecule has 1 saturated heterocycles. The van der Waals surface area contributed by atoms with Crippen LogP contribution in [0.3, 0.4) is 0 Å². The lowest BCUT2D eigenvalue weighted by molar-refractivity contribution is -0.124. The first kappa shape index (κ1) is 18.4. The molecule has 5 nitrogen and oxygen atoms in total. The Bertz CT molecular complexity index is 333. The second-order valence-corrected chi connectivity index (χ2v) is 6.96. The van der Waals surface area contributed by atoms with Crippen LogP contribution in [0.4, 0.5) is 0 Å². The van der Waals surface area contributed by atoms with Gasteiger partial charge in [-0.05, 0) is 59.5 Å². The molecule has 1 rings (SSSR count). The fraction of sp³-hybridized carbons (Fsp3) is 0.938. The Kier molecular flexibility index (Phi) is 7.10. The number of morpholine rings is 1. The number of hydrogen-bond acceptors (Lipinski definition) is 4. The summed E-state index contributed by atoms with van der Waals surface area (Å²) in [5, 5.41) is 3.29. The van der Waals surface area contributed by atoms with Gasteiger partial charge in [0.1, 0.15) is 0 Å². The predicted molar refractivity (Wildman–Crippen MR) is 86.2 cm³/mol. The second-order valence-electron chi connectivity index (χ2n) is 6.96. The van der Waals surface area contributed by atoms with Crippen LogP contribution in [-0.2, 0) is 9.53 Å². The highest BCUT2D eigenvalue weighted by atomic mass is 16.5. The van der Waals surface area contributed by atoms with Gasteiger partial charge in [0, 0.05) is 13.1 Å². The van der Waals surface area contributed by atoms with Crippen molar-refractivity contribution in [3.63, 3.8) is 0 Å². The summed E-state index contributed by atoms with van der Waals surface area (Å²) in [5.74, 6) is -0.247. The highest BCUT2D eigenvalue weighted by molar-refractivity contribution is 5.84. The lowest BCUT2D eigenvalue weighted by Gasteiger charge is -2.38. The van der Waals surface area contributed by atoms with Gasteiger partial charge in [0.25, 0.3) is 0 Å². The molecule has 3 N–H and O–H groups in total. The van der Waals surface area contributed by atoms with Gasteiger partial charge >= 0.3 is 0 Å². The normalized spacial score (nSPS) is 21.9. The van der Waals surface area contributed by atoms with Crippen LogP contribution in [0.15, 0.2) is 0 Å². The van der Waals surface area contributed by atoms with Crippen LogP contribution in [0, 0.1) is 0 Å². The predicted octanol–water partition coefficient (Wildman–Crippen LogP) is 1.51. The molecule has 124 valence electrons. The molecule has 1 aliphatic rings. The number of unbranched alkanes of at least 4 members (excludes halogenated alkanes) is 1. The third kappa shape index (κ3) is 6.32. The third-order valence-electron chi connectivity index (χ3n) is 4.21. The number of ether oxygens (including phenoxy) is 1. The number of amides is 1. The number of nitrogens with zero attached hydrogens (tertiary/aromatic N) is 1. The molecular formula is C16H33N3O2. The van der Waals surface area contributed by atoms with Crippen molar-refractivity contribution in [2.75, 3.05) is 32.8 Å². The first-order valence-electron chi connectivity index (χ1n) is 8.20. The highest BCUT2D eigenvalue weighted by Gasteiger charge is 2.30. The molecule has 0 aromatic rings. The lowest BCUT2D eigenvalue weighted by atomic mass is 9.93. The smallest absolute Gasteiger partial charge is 0.237 e. The quantitative estimate of drug-likeness (QED) is 0.633. The van der Waals surface area contributed by atoms with Crippen molar-refractivity contribution in [2.45, 2.75) is 64.5 Å². The Morgan fingerprint density at radius 3 is 2.71 bits per heavy atom. The molecule has 1 amide bonds. The zero-order valence-electron chi connectivity index (χ0n) is 14.2. The van der Waals surface area contributed by atoms with Crippen molar-refractivity contribution in [1.29, 1.82) is 0 Å². The maximum absolute atomic E-state index is 11.6. The van der Waals surface area contributed by atoms with E-state index < -0.39 is 5.54 Å². The van der Waals surface area contributed by atoms with Crippen LogP contribution >= 0.6 is 0 Å². The van der Waals surface area contributed by atoms with Crippen molar-refractivity contribution in [2.24, 2.45) is 5.73 Å². The van der Waals surface area contributed by atoms with Gasteiger partial charge in [0.15, 0.2) is 0 Å². The van der Waals surface area contributed by atoms with Gasteiger partial charge in [-0.15, -0.1) is 0 Å². The van der Waals surface area contributed by atoms with Crippen molar-refractivity contribution < 1.29 is 9.53 Å². The molecule has 5 heteroatoms. The molecule has 1 heterocycles. The number of nitrogens with two attached hydrogens (primary N) is 1. The van der Waals surface area contributed by atoms with Gasteiger partial charge < -0.3 is 15.8 Å². The first-order valence-corrected chi connectivity index (χ1v) is 8.20. The van der Waals surface area contributed by atoms with Crippen molar-refractivity contribution in [3.8, 4) is 0 Å². The molecule has 0 aromatic heterocycles. The number of carbonyl (C=O) groups excluding carboxylic acids is 1. The van der Waals surface area contributed by atoms with Crippen LogP contribution in [0.1, 0.15) is 53.4 Å². The van der Waals surface area contributed by atoms with E-state index in [2.05, 4.69) is 31.0 Å². The van der Waals surface area contributed by atoms with Gasteiger partial charge in [0.2, 0.25) is 5.91 Å². The lowest BCUT2D eigenvalue weighted by Crippen LogP contribution is -2.53. The van der Waals surface area contributed by atoms with E-state index in [1.807, 2.05) is 6.92 Å². The van der Waals surface area contributed by atoms with E-state index >= 15 is 0 Å². The van der Waals surface area contributed by atoms with E-state index in [9.17, 15) is 4.79 Å². The summed E-state index contributed by atoms with van der Waals surface area (Å²) in [7, 11) is 0. The van der Waals surface area contributed by atoms with E-state index in [0.717, 1.165) is 58.5 Å². The van der Waals surface area contributed by atoms with Gasteiger partial charge in [-0.2, -0.15) is 0 Å². The molecule has 1 unspecified atom stereocenters.